The predicted molar refractivity (Wildman–Crippen MR) is 84.7 cm³/mol. The summed E-state index contributed by atoms with van der Waals surface area (Å²) in [7, 11) is -3.52. The smallest absolute Gasteiger partial charge is 0.252 e. The number of halogens is 1. The maximum atomic E-state index is 12.6. The molecule has 0 unspecified atom stereocenters. The molecule has 0 saturated carbocycles. The molecule has 3 rings (SSSR count). The maximum Gasteiger partial charge on any atom is 0.252 e. The highest BCUT2D eigenvalue weighted by Gasteiger charge is 2.32. The van der Waals surface area contributed by atoms with Gasteiger partial charge in [-0.05, 0) is 19.1 Å². The molecule has 1 aliphatic heterocycles. The van der Waals surface area contributed by atoms with Crippen molar-refractivity contribution in [3.8, 4) is 0 Å². The van der Waals surface area contributed by atoms with E-state index >= 15 is 0 Å². The fourth-order valence-corrected chi connectivity index (χ4v) is 5.39. The second kappa shape index (κ2) is 6.29. The van der Waals surface area contributed by atoms with Crippen molar-refractivity contribution in [2.45, 2.75) is 23.8 Å². The molecule has 0 amide bonds. The van der Waals surface area contributed by atoms with Crippen molar-refractivity contribution in [2.24, 2.45) is 0 Å². The number of rotatable bonds is 4. The van der Waals surface area contributed by atoms with Gasteiger partial charge in [-0.3, -0.25) is 4.68 Å². The van der Waals surface area contributed by atoms with Crippen LogP contribution in [0.4, 0.5) is 0 Å². The quantitative estimate of drug-likeness (QED) is 0.838. The van der Waals surface area contributed by atoms with Crippen LogP contribution < -0.4 is 0 Å². The van der Waals surface area contributed by atoms with E-state index in [0.717, 1.165) is 23.4 Å². The van der Waals surface area contributed by atoms with Crippen molar-refractivity contribution in [3.63, 3.8) is 0 Å². The van der Waals surface area contributed by atoms with E-state index < -0.39 is 10.0 Å². The summed E-state index contributed by atoms with van der Waals surface area (Å²) in [6.45, 7) is 3.75. The van der Waals surface area contributed by atoms with Gasteiger partial charge in [-0.15, -0.1) is 11.3 Å². The number of hydrogen-bond acceptors (Lipinski definition) is 5. The van der Waals surface area contributed by atoms with Gasteiger partial charge in [0.2, 0.25) is 0 Å². The number of hydrogen-bond donors (Lipinski definition) is 0. The number of nitrogens with zero attached hydrogens (tertiary/aromatic N) is 3. The Bertz CT molecular complexity index is 756. The van der Waals surface area contributed by atoms with Gasteiger partial charge < -0.3 is 4.74 Å². The molecule has 1 saturated heterocycles. The normalized spacial score (nSPS) is 20.4. The van der Waals surface area contributed by atoms with E-state index in [1.165, 1.54) is 4.31 Å². The molecule has 0 N–H and O–H groups in total. The van der Waals surface area contributed by atoms with E-state index in [4.69, 9.17) is 16.3 Å². The molecule has 1 aliphatic rings. The van der Waals surface area contributed by atoms with Gasteiger partial charge in [0.05, 0.1) is 23.2 Å². The van der Waals surface area contributed by atoms with E-state index in [-0.39, 0.29) is 16.9 Å². The largest absolute Gasteiger partial charge is 0.371 e. The summed E-state index contributed by atoms with van der Waals surface area (Å²) in [5.74, 6) is 0. The van der Waals surface area contributed by atoms with Gasteiger partial charge in [0.1, 0.15) is 4.21 Å². The molecule has 2 aromatic heterocycles. The van der Waals surface area contributed by atoms with Crippen molar-refractivity contribution < 1.29 is 13.2 Å². The predicted octanol–water partition coefficient (Wildman–Crippen LogP) is 2.38. The molecule has 2 aromatic rings. The van der Waals surface area contributed by atoms with Crippen LogP contribution in [0.25, 0.3) is 0 Å². The summed E-state index contributed by atoms with van der Waals surface area (Å²) in [5, 5.41) is 4.21. The first-order chi connectivity index (χ1) is 10.5. The van der Waals surface area contributed by atoms with Crippen molar-refractivity contribution in [1.29, 1.82) is 0 Å². The lowest BCUT2D eigenvalue weighted by Gasteiger charge is -2.31. The molecular formula is C13H16ClN3O3S2. The van der Waals surface area contributed by atoms with Crippen LogP contribution in [0.15, 0.2) is 28.7 Å². The van der Waals surface area contributed by atoms with E-state index in [2.05, 4.69) is 5.10 Å². The highest BCUT2D eigenvalue weighted by Crippen LogP contribution is 2.31. The molecule has 0 aromatic carbocycles. The van der Waals surface area contributed by atoms with E-state index in [9.17, 15) is 8.42 Å². The molecule has 6 nitrogen and oxygen atoms in total. The van der Waals surface area contributed by atoms with Gasteiger partial charge in [0, 0.05) is 31.4 Å². The molecule has 0 aliphatic carbocycles. The molecule has 0 bridgehead atoms. The van der Waals surface area contributed by atoms with Gasteiger partial charge in [0.25, 0.3) is 10.0 Å². The summed E-state index contributed by atoms with van der Waals surface area (Å²) in [5.41, 5.74) is 0.894. The van der Waals surface area contributed by atoms with Crippen molar-refractivity contribution in [2.75, 3.05) is 19.7 Å². The van der Waals surface area contributed by atoms with Crippen LogP contribution in [0.5, 0.6) is 0 Å². The zero-order chi connectivity index (χ0) is 15.7. The molecule has 0 spiro atoms. The topological polar surface area (TPSA) is 64.4 Å². The number of thiophene rings is 1. The monoisotopic (exact) mass is 361 g/mol. The van der Waals surface area contributed by atoms with Crippen LogP contribution in [0.3, 0.4) is 0 Å². The average Bonchev–Trinajstić information content (AvgIpc) is 3.16. The number of aromatic nitrogens is 2. The summed E-state index contributed by atoms with van der Waals surface area (Å²) in [6.07, 6.45) is 3.33. The van der Waals surface area contributed by atoms with E-state index in [1.807, 2.05) is 13.1 Å². The highest BCUT2D eigenvalue weighted by molar-refractivity contribution is 7.91. The first kappa shape index (κ1) is 15.9. The summed E-state index contributed by atoms with van der Waals surface area (Å²) < 4.78 is 35.0. The lowest BCUT2D eigenvalue weighted by Crippen LogP contribution is -2.41. The average molecular weight is 362 g/mol. The molecular weight excluding hydrogens is 346 g/mol. The van der Waals surface area contributed by atoms with Gasteiger partial charge in [-0.2, -0.15) is 9.40 Å². The minimum absolute atomic E-state index is 0.266. The summed E-state index contributed by atoms with van der Waals surface area (Å²) in [4.78, 5) is 0. The molecule has 9 heteroatoms. The Labute approximate surface area is 138 Å². The Morgan fingerprint density at radius 2 is 2.32 bits per heavy atom. The number of sulfonamides is 1. The van der Waals surface area contributed by atoms with Crippen LogP contribution in [-0.2, 0) is 21.3 Å². The molecule has 1 atom stereocenters. The zero-order valence-corrected chi connectivity index (χ0v) is 14.4. The van der Waals surface area contributed by atoms with Gasteiger partial charge >= 0.3 is 0 Å². The number of morpholine rings is 1. The van der Waals surface area contributed by atoms with E-state index in [0.29, 0.717) is 17.5 Å². The maximum absolute atomic E-state index is 12.6. The van der Waals surface area contributed by atoms with Crippen LogP contribution >= 0.6 is 22.9 Å². The lowest BCUT2D eigenvalue weighted by molar-refractivity contribution is -0.00254. The minimum Gasteiger partial charge on any atom is -0.371 e. The Kier molecular flexibility index (Phi) is 4.56. The minimum atomic E-state index is -3.52. The lowest BCUT2D eigenvalue weighted by atomic mass is 10.2. The van der Waals surface area contributed by atoms with Gasteiger partial charge in [-0.25, -0.2) is 8.42 Å². The fourth-order valence-electron chi connectivity index (χ4n) is 2.33. The molecule has 3 heterocycles. The molecule has 22 heavy (non-hydrogen) atoms. The van der Waals surface area contributed by atoms with Gasteiger partial charge in [0.15, 0.2) is 0 Å². The van der Waals surface area contributed by atoms with E-state index in [1.54, 1.807) is 23.0 Å². The second-order valence-corrected chi connectivity index (χ2v) is 8.79. The summed E-state index contributed by atoms with van der Waals surface area (Å²) >= 11 is 6.92. The highest BCUT2D eigenvalue weighted by atomic mass is 35.5. The Balaban J connectivity index is 1.80. The SMILES string of the molecule is CCn1cc([C@H]2CN(S(=O)(=O)c3ccc(Cl)s3)CCO2)cn1. The van der Waals surface area contributed by atoms with Crippen molar-refractivity contribution in [3.05, 3.63) is 34.4 Å². The third kappa shape index (κ3) is 3.07. The van der Waals surface area contributed by atoms with Crippen LogP contribution in [-0.4, -0.2) is 42.2 Å². The second-order valence-electron chi connectivity index (χ2n) is 4.91. The fraction of sp³-hybridized carbons (Fsp3) is 0.462. The van der Waals surface area contributed by atoms with Gasteiger partial charge in [-0.1, -0.05) is 11.6 Å². The third-order valence-electron chi connectivity index (χ3n) is 3.52. The number of aryl methyl sites for hydroxylation is 1. The number of ether oxygens (including phenoxy) is 1. The molecule has 120 valence electrons. The zero-order valence-electron chi connectivity index (χ0n) is 12.0. The Morgan fingerprint density at radius 3 is 2.95 bits per heavy atom. The standard InChI is InChI=1S/C13H16ClN3O3S2/c1-2-16-8-10(7-15-16)11-9-17(5-6-20-11)22(18,19)13-4-3-12(14)21-13/h3-4,7-8,11H,2,5-6,9H2,1H3/t11-/m1/s1. The van der Waals surface area contributed by atoms with Crippen LogP contribution in [0.1, 0.15) is 18.6 Å². The van der Waals surface area contributed by atoms with Crippen LogP contribution in [0.2, 0.25) is 4.34 Å². The molecule has 1 fully saturated rings. The molecule has 0 radical (unpaired) electrons. The first-order valence-corrected chi connectivity index (χ1v) is 9.53. The first-order valence-electron chi connectivity index (χ1n) is 6.90. The van der Waals surface area contributed by atoms with Crippen LogP contribution in [0, 0.1) is 0 Å². The van der Waals surface area contributed by atoms with Crippen molar-refractivity contribution in [1.82, 2.24) is 14.1 Å². The Hall–Kier alpha value is -0.930. The van der Waals surface area contributed by atoms with Crippen molar-refractivity contribution >= 4 is 33.0 Å². The third-order valence-corrected chi connectivity index (χ3v) is 7.08. The Morgan fingerprint density at radius 1 is 1.50 bits per heavy atom. The summed E-state index contributed by atoms with van der Waals surface area (Å²) in [6, 6.07) is 3.14.